The molecule has 0 saturated carbocycles. The van der Waals surface area contributed by atoms with E-state index in [4.69, 9.17) is 18.9 Å². The van der Waals surface area contributed by atoms with Gasteiger partial charge in [-0.25, -0.2) is 4.79 Å². The number of allylic oxidation sites excluding steroid dienone is 1. The number of benzene rings is 1. The van der Waals surface area contributed by atoms with Crippen molar-refractivity contribution in [2.75, 3.05) is 13.2 Å². The lowest BCUT2D eigenvalue weighted by molar-refractivity contribution is -0.209. The first kappa shape index (κ1) is 23.7. The number of ether oxygens (including phenoxy) is 4. The average Bonchev–Trinajstić information content (AvgIpc) is 2.66. The minimum Gasteiger partial charge on any atom is -0.508 e. The van der Waals surface area contributed by atoms with Crippen molar-refractivity contribution in [1.29, 1.82) is 0 Å². The van der Waals surface area contributed by atoms with Gasteiger partial charge in [0, 0.05) is 34.7 Å². The first-order chi connectivity index (χ1) is 15.3. The van der Waals surface area contributed by atoms with Gasteiger partial charge in [0.25, 0.3) is 5.79 Å². The zero-order valence-electron chi connectivity index (χ0n) is 20.8. The van der Waals surface area contributed by atoms with E-state index in [0.717, 1.165) is 22.6 Å². The van der Waals surface area contributed by atoms with Crippen molar-refractivity contribution in [2.45, 2.75) is 78.6 Å². The smallest absolute Gasteiger partial charge is 0.332 e. The first-order valence-electron chi connectivity index (χ1n) is 11.7. The summed E-state index contributed by atoms with van der Waals surface area (Å²) in [6.07, 6.45) is 5.25. The molecule has 0 bridgehead atoms. The molecule has 0 amide bonds. The van der Waals surface area contributed by atoms with Crippen LogP contribution in [0, 0.1) is 10.8 Å². The number of fused-ring (bicyclic) bond motifs is 2. The molecule has 4 rings (SSSR count). The average molecular weight is 457 g/mol. The Labute approximate surface area is 196 Å². The van der Waals surface area contributed by atoms with Gasteiger partial charge in [-0.15, -0.1) is 0 Å². The number of carbonyl (C=O) groups is 1. The number of aromatic hydroxyl groups is 1. The van der Waals surface area contributed by atoms with Crippen LogP contribution in [0.4, 0.5) is 0 Å². The Balaban J connectivity index is 1.65. The number of hydrogen-bond acceptors (Lipinski definition) is 6. The number of hydrogen-bond donors (Lipinski definition) is 1. The molecular weight excluding hydrogens is 420 g/mol. The Morgan fingerprint density at radius 3 is 2.48 bits per heavy atom. The van der Waals surface area contributed by atoms with Crippen molar-refractivity contribution in [3.8, 4) is 11.5 Å². The van der Waals surface area contributed by atoms with Gasteiger partial charge >= 0.3 is 5.97 Å². The maximum Gasteiger partial charge on any atom is 0.332 e. The molecule has 3 aliphatic rings. The molecule has 6 nitrogen and oxygen atoms in total. The molecular formula is C27H36O6. The summed E-state index contributed by atoms with van der Waals surface area (Å²) in [4.78, 5) is 11.9. The molecule has 2 unspecified atom stereocenters. The van der Waals surface area contributed by atoms with Crippen molar-refractivity contribution in [3.05, 3.63) is 47.2 Å². The molecule has 2 aliphatic heterocycles. The highest BCUT2D eigenvalue weighted by molar-refractivity contribution is 5.70. The summed E-state index contributed by atoms with van der Waals surface area (Å²) in [5.74, 6) is 0.627. The van der Waals surface area contributed by atoms with E-state index < -0.39 is 5.79 Å². The predicted octanol–water partition coefficient (Wildman–Crippen LogP) is 5.39. The third-order valence-corrected chi connectivity index (χ3v) is 6.94. The van der Waals surface area contributed by atoms with Crippen molar-refractivity contribution >= 4 is 5.97 Å². The van der Waals surface area contributed by atoms with E-state index in [1.165, 1.54) is 0 Å². The SMILES string of the molecule is CCOC(=O)COC1C=C2C(=CC1(C)C)OC1(CC2(C)C)CC(C)(C)c2cc(O)ccc2O1. The largest absolute Gasteiger partial charge is 0.508 e. The molecule has 0 radical (unpaired) electrons. The van der Waals surface area contributed by atoms with Gasteiger partial charge in [-0.1, -0.05) is 41.5 Å². The van der Waals surface area contributed by atoms with Crippen LogP contribution in [0.1, 0.15) is 66.9 Å². The Morgan fingerprint density at radius 1 is 1.09 bits per heavy atom. The van der Waals surface area contributed by atoms with E-state index in [0.29, 0.717) is 19.4 Å². The monoisotopic (exact) mass is 456 g/mol. The van der Waals surface area contributed by atoms with Crippen LogP contribution in [-0.2, 0) is 24.4 Å². The summed E-state index contributed by atoms with van der Waals surface area (Å²) in [6.45, 7) is 14.9. The Kier molecular flexibility index (Phi) is 5.59. The van der Waals surface area contributed by atoms with E-state index >= 15 is 0 Å². The summed E-state index contributed by atoms with van der Waals surface area (Å²) >= 11 is 0. The van der Waals surface area contributed by atoms with Gasteiger partial charge in [0.1, 0.15) is 23.9 Å². The highest BCUT2D eigenvalue weighted by atomic mass is 16.7. The zero-order chi connectivity index (χ0) is 24.2. The summed E-state index contributed by atoms with van der Waals surface area (Å²) in [7, 11) is 0. The van der Waals surface area contributed by atoms with Gasteiger partial charge in [-0.3, -0.25) is 0 Å². The van der Waals surface area contributed by atoms with Crippen LogP contribution < -0.4 is 4.74 Å². The van der Waals surface area contributed by atoms with Gasteiger partial charge in [0.15, 0.2) is 0 Å². The number of rotatable bonds is 4. The molecule has 1 fully saturated rings. The van der Waals surface area contributed by atoms with Crippen LogP contribution in [0.3, 0.4) is 0 Å². The normalized spacial score (nSPS) is 28.4. The lowest BCUT2D eigenvalue weighted by Crippen LogP contribution is -2.54. The van der Waals surface area contributed by atoms with Gasteiger partial charge in [0.05, 0.1) is 12.7 Å². The topological polar surface area (TPSA) is 74.2 Å². The number of carbonyl (C=O) groups excluding carboxylic acids is 1. The van der Waals surface area contributed by atoms with Gasteiger partial charge in [0.2, 0.25) is 0 Å². The second-order valence-electron chi connectivity index (χ2n) is 11.4. The van der Waals surface area contributed by atoms with Crippen molar-refractivity contribution < 1.29 is 28.8 Å². The van der Waals surface area contributed by atoms with E-state index in [1.807, 2.05) is 6.07 Å². The first-order valence-corrected chi connectivity index (χ1v) is 11.7. The van der Waals surface area contributed by atoms with E-state index in [2.05, 4.69) is 53.7 Å². The molecule has 180 valence electrons. The minimum absolute atomic E-state index is 0.0823. The van der Waals surface area contributed by atoms with E-state index in [9.17, 15) is 9.90 Å². The molecule has 33 heavy (non-hydrogen) atoms. The Bertz CT molecular complexity index is 1020. The van der Waals surface area contributed by atoms with Gasteiger partial charge in [-0.05, 0) is 42.8 Å². The molecule has 1 aliphatic carbocycles. The zero-order valence-corrected chi connectivity index (χ0v) is 20.8. The number of phenols is 1. The molecule has 0 aromatic heterocycles. The van der Waals surface area contributed by atoms with Gasteiger partial charge in [-0.2, -0.15) is 0 Å². The highest BCUT2D eigenvalue weighted by Crippen LogP contribution is 2.57. The van der Waals surface area contributed by atoms with E-state index in [1.54, 1.807) is 19.1 Å². The molecule has 1 N–H and O–H groups in total. The summed E-state index contributed by atoms with van der Waals surface area (Å²) in [5, 5.41) is 10.0. The Hall–Kier alpha value is -2.47. The van der Waals surface area contributed by atoms with Gasteiger partial charge < -0.3 is 24.1 Å². The fourth-order valence-corrected chi connectivity index (χ4v) is 5.51. The second kappa shape index (κ2) is 7.79. The third-order valence-electron chi connectivity index (χ3n) is 6.94. The lowest BCUT2D eigenvalue weighted by atomic mass is 9.66. The van der Waals surface area contributed by atoms with Crippen molar-refractivity contribution in [2.24, 2.45) is 10.8 Å². The maximum atomic E-state index is 11.9. The fourth-order valence-electron chi connectivity index (χ4n) is 5.51. The summed E-state index contributed by atoms with van der Waals surface area (Å²) < 4.78 is 24.2. The van der Waals surface area contributed by atoms with Crippen molar-refractivity contribution in [3.63, 3.8) is 0 Å². The summed E-state index contributed by atoms with van der Waals surface area (Å²) in [5.41, 5.74) is 1.20. The minimum atomic E-state index is -0.811. The summed E-state index contributed by atoms with van der Waals surface area (Å²) in [6, 6.07) is 5.27. The molecule has 1 aromatic rings. The predicted molar refractivity (Wildman–Crippen MR) is 125 cm³/mol. The van der Waals surface area contributed by atoms with Crippen molar-refractivity contribution in [1.82, 2.24) is 0 Å². The van der Waals surface area contributed by atoms with Crippen LogP contribution in [0.2, 0.25) is 0 Å². The standard InChI is InChI=1S/C27H36O6/c1-8-30-23(29)14-31-22-12-19-21(13-24(22,2)3)33-27(16-26(19,6)7)15-25(4,5)18-11-17(28)9-10-20(18)32-27/h9-13,22,28H,8,14-16H2,1-7H3. The van der Waals surface area contributed by atoms with Crippen LogP contribution in [0.15, 0.2) is 41.7 Å². The second-order valence-corrected chi connectivity index (χ2v) is 11.4. The molecule has 1 saturated heterocycles. The molecule has 1 aromatic carbocycles. The molecule has 2 atom stereocenters. The van der Waals surface area contributed by atoms with Crippen LogP contribution in [0.25, 0.3) is 0 Å². The fraction of sp³-hybridized carbons (Fsp3) is 0.593. The van der Waals surface area contributed by atoms with Crippen LogP contribution in [-0.4, -0.2) is 36.2 Å². The highest BCUT2D eigenvalue weighted by Gasteiger charge is 2.55. The number of esters is 1. The Morgan fingerprint density at radius 2 is 1.79 bits per heavy atom. The molecule has 6 heteroatoms. The van der Waals surface area contributed by atoms with Crippen LogP contribution >= 0.6 is 0 Å². The van der Waals surface area contributed by atoms with Crippen LogP contribution in [0.5, 0.6) is 11.5 Å². The molecule has 2 heterocycles. The quantitative estimate of drug-likeness (QED) is 0.612. The lowest BCUT2D eigenvalue weighted by Gasteiger charge is -2.53. The number of phenolic OH excluding ortho intramolecular Hbond substituents is 1. The van der Waals surface area contributed by atoms with E-state index in [-0.39, 0.29) is 40.7 Å². The third kappa shape index (κ3) is 4.37. The maximum absolute atomic E-state index is 11.9. The molecule has 1 spiro atoms.